The van der Waals surface area contributed by atoms with Crippen LogP contribution in [0.2, 0.25) is 0 Å². The molecule has 21 heavy (non-hydrogen) atoms. The summed E-state index contributed by atoms with van der Waals surface area (Å²) in [6.07, 6.45) is 0.931. The topological polar surface area (TPSA) is 81.3 Å². The Balaban J connectivity index is 2.21. The van der Waals surface area contributed by atoms with E-state index in [0.717, 1.165) is 23.9 Å². The minimum Gasteiger partial charge on any atom is -0.468 e. The maximum Gasteiger partial charge on any atom is 0.319 e. The number of anilines is 1. The number of fused-ring (bicyclic) bond motifs is 1. The van der Waals surface area contributed by atoms with Crippen molar-refractivity contribution < 1.29 is 9.53 Å². The van der Waals surface area contributed by atoms with E-state index >= 15 is 0 Å². The van der Waals surface area contributed by atoms with E-state index in [1.807, 2.05) is 29.2 Å². The van der Waals surface area contributed by atoms with Gasteiger partial charge in [-0.3, -0.25) is 9.69 Å². The number of esters is 1. The first-order valence-electron chi connectivity index (χ1n) is 6.94. The molecule has 2 N–H and O–H groups in total. The second-order valence-corrected chi connectivity index (χ2v) is 4.83. The molecule has 1 aromatic heterocycles. The molecule has 0 saturated heterocycles. The number of carbonyl (C=O) groups excluding carboxylic acids is 1. The van der Waals surface area contributed by atoms with Gasteiger partial charge in [-0.05, 0) is 25.1 Å². The normalized spacial score (nSPS) is 11.0. The third-order valence-corrected chi connectivity index (χ3v) is 3.16. The zero-order valence-electron chi connectivity index (χ0n) is 12.4. The van der Waals surface area contributed by atoms with Gasteiger partial charge in [0.05, 0.1) is 25.7 Å². The number of para-hydroxylation sites is 1. The number of benzene rings is 1. The highest BCUT2D eigenvalue weighted by molar-refractivity contribution is 5.87. The molecule has 0 bridgehead atoms. The highest BCUT2D eigenvalue weighted by Crippen LogP contribution is 2.17. The number of hydrogen-bond donors (Lipinski definition) is 1. The van der Waals surface area contributed by atoms with Crippen molar-refractivity contribution in [2.75, 3.05) is 25.9 Å². The van der Waals surface area contributed by atoms with Gasteiger partial charge in [0.2, 0.25) is 0 Å². The third kappa shape index (κ3) is 3.88. The lowest BCUT2D eigenvalue weighted by atomic mass is 10.2. The fraction of sp³-hybridized carbons (Fsp3) is 0.400. The number of nitrogens with two attached hydrogens (primary N) is 1. The van der Waals surface area contributed by atoms with Crippen molar-refractivity contribution in [2.45, 2.75) is 19.9 Å². The van der Waals surface area contributed by atoms with Crippen molar-refractivity contribution in [2.24, 2.45) is 0 Å². The average molecular weight is 288 g/mol. The lowest BCUT2D eigenvalue weighted by molar-refractivity contribution is -0.142. The molecular formula is C15H20N4O2. The van der Waals surface area contributed by atoms with Gasteiger partial charge in [0.15, 0.2) is 0 Å². The highest BCUT2D eigenvalue weighted by atomic mass is 16.5. The molecule has 0 unspecified atom stereocenters. The van der Waals surface area contributed by atoms with E-state index in [2.05, 4.69) is 16.9 Å². The Morgan fingerprint density at radius 1 is 1.33 bits per heavy atom. The summed E-state index contributed by atoms with van der Waals surface area (Å²) in [6.45, 7) is 3.52. The summed E-state index contributed by atoms with van der Waals surface area (Å²) in [7, 11) is 1.39. The minimum atomic E-state index is -0.266. The standard InChI is InChI=1S/C15H20N4O2/c1-3-8-19(10-14(20)21-2)9-13-17-12-7-5-4-6-11(12)15(16)18-13/h4-7H,3,8-10H2,1-2H3,(H2,16,17,18). The van der Waals surface area contributed by atoms with Gasteiger partial charge in [-0.15, -0.1) is 0 Å². The molecule has 6 heteroatoms. The molecular weight excluding hydrogens is 268 g/mol. The van der Waals surface area contributed by atoms with E-state index in [4.69, 9.17) is 10.5 Å². The third-order valence-electron chi connectivity index (χ3n) is 3.16. The monoisotopic (exact) mass is 288 g/mol. The Bertz CT molecular complexity index is 630. The quantitative estimate of drug-likeness (QED) is 0.813. The number of methoxy groups -OCH3 is 1. The Morgan fingerprint density at radius 2 is 2.10 bits per heavy atom. The summed E-state index contributed by atoms with van der Waals surface area (Å²) in [6, 6.07) is 7.62. The van der Waals surface area contributed by atoms with Crippen molar-refractivity contribution >= 4 is 22.7 Å². The summed E-state index contributed by atoms with van der Waals surface area (Å²) >= 11 is 0. The van der Waals surface area contributed by atoms with Crippen LogP contribution in [0, 0.1) is 0 Å². The highest BCUT2D eigenvalue weighted by Gasteiger charge is 2.13. The number of hydrogen-bond acceptors (Lipinski definition) is 6. The Morgan fingerprint density at radius 3 is 2.81 bits per heavy atom. The van der Waals surface area contributed by atoms with Crippen molar-refractivity contribution in [3.8, 4) is 0 Å². The number of aromatic nitrogens is 2. The van der Waals surface area contributed by atoms with Crippen LogP contribution in [0.4, 0.5) is 5.82 Å². The zero-order valence-corrected chi connectivity index (χ0v) is 12.4. The van der Waals surface area contributed by atoms with Crippen LogP contribution in [0.15, 0.2) is 24.3 Å². The molecule has 0 aliphatic carbocycles. The maximum absolute atomic E-state index is 11.4. The van der Waals surface area contributed by atoms with Gasteiger partial charge in [-0.2, -0.15) is 0 Å². The van der Waals surface area contributed by atoms with Crippen LogP contribution in [-0.4, -0.2) is 41.0 Å². The van der Waals surface area contributed by atoms with Gasteiger partial charge >= 0.3 is 5.97 Å². The van der Waals surface area contributed by atoms with Crippen molar-refractivity contribution in [3.63, 3.8) is 0 Å². The van der Waals surface area contributed by atoms with Gasteiger partial charge in [0.1, 0.15) is 11.6 Å². The molecule has 0 radical (unpaired) electrons. The van der Waals surface area contributed by atoms with Crippen LogP contribution >= 0.6 is 0 Å². The molecule has 112 valence electrons. The van der Waals surface area contributed by atoms with E-state index in [1.165, 1.54) is 7.11 Å². The van der Waals surface area contributed by atoms with Crippen LogP contribution in [0.1, 0.15) is 19.2 Å². The molecule has 0 atom stereocenters. The summed E-state index contributed by atoms with van der Waals surface area (Å²) < 4.78 is 4.71. The van der Waals surface area contributed by atoms with Crippen LogP contribution in [-0.2, 0) is 16.1 Å². The molecule has 1 heterocycles. The lowest BCUT2D eigenvalue weighted by Crippen LogP contribution is -2.31. The van der Waals surface area contributed by atoms with Crippen molar-refractivity contribution in [1.29, 1.82) is 0 Å². The van der Waals surface area contributed by atoms with E-state index in [0.29, 0.717) is 18.2 Å². The lowest BCUT2D eigenvalue weighted by Gasteiger charge is -2.19. The average Bonchev–Trinajstić information content (AvgIpc) is 2.47. The smallest absolute Gasteiger partial charge is 0.319 e. The van der Waals surface area contributed by atoms with E-state index in [1.54, 1.807) is 0 Å². The summed E-state index contributed by atoms with van der Waals surface area (Å²) in [5.41, 5.74) is 6.79. The van der Waals surface area contributed by atoms with Gasteiger partial charge in [0, 0.05) is 5.39 Å². The molecule has 6 nitrogen and oxygen atoms in total. The Kier molecular flexibility index (Phi) is 5.05. The zero-order chi connectivity index (χ0) is 15.2. The molecule has 2 rings (SSSR count). The fourth-order valence-electron chi connectivity index (χ4n) is 2.20. The molecule has 1 aromatic carbocycles. The van der Waals surface area contributed by atoms with E-state index < -0.39 is 0 Å². The first-order valence-corrected chi connectivity index (χ1v) is 6.94. The molecule has 0 saturated carbocycles. The molecule has 0 fully saturated rings. The second kappa shape index (κ2) is 6.99. The molecule has 0 aliphatic rings. The van der Waals surface area contributed by atoms with Gasteiger partial charge in [-0.25, -0.2) is 9.97 Å². The maximum atomic E-state index is 11.4. The van der Waals surface area contributed by atoms with Gasteiger partial charge in [-0.1, -0.05) is 19.1 Å². The summed E-state index contributed by atoms with van der Waals surface area (Å²) in [5.74, 6) is 0.811. The number of rotatable bonds is 6. The molecule has 0 spiro atoms. The number of carbonyl (C=O) groups is 1. The first kappa shape index (κ1) is 15.2. The predicted molar refractivity (Wildman–Crippen MR) is 81.5 cm³/mol. The van der Waals surface area contributed by atoms with Crippen LogP contribution in [0.25, 0.3) is 10.9 Å². The second-order valence-electron chi connectivity index (χ2n) is 4.83. The van der Waals surface area contributed by atoms with Crippen LogP contribution in [0.5, 0.6) is 0 Å². The predicted octanol–water partition coefficient (Wildman–Crippen LogP) is 1.60. The molecule has 2 aromatic rings. The number of nitrogens with zero attached hydrogens (tertiary/aromatic N) is 3. The Labute approximate surface area is 123 Å². The van der Waals surface area contributed by atoms with E-state index in [-0.39, 0.29) is 12.5 Å². The van der Waals surface area contributed by atoms with Crippen LogP contribution in [0.3, 0.4) is 0 Å². The largest absolute Gasteiger partial charge is 0.468 e. The first-order chi connectivity index (χ1) is 10.1. The summed E-state index contributed by atoms with van der Waals surface area (Å²) in [4.78, 5) is 22.2. The minimum absolute atomic E-state index is 0.223. The van der Waals surface area contributed by atoms with Crippen molar-refractivity contribution in [1.82, 2.24) is 14.9 Å². The summed E-state index contributed by atoms with van der Waals surface area (Å²) in [5, 5.41) is 0.844. The van der Waals surface area contributed by atoms with Crippen LogP contribution < -0.4 is 5.73 Å². The van der Waals surface area contributed by atoms with Gasteiger partial charge < -0.3 is 10.5 Å². The van der Waals surface area contributed by atoms with Gasteiger partial charge in [0.25, 0.3) is 0 Å². The number of ether oxygens (including phenoxy) is 1. The molecule has 0 amide bonds. The number of nitrogen functional groups attached to an aromatic ring is 1. The molecule has 0 aliphatic heterocycles. The SMILES string of the molecule is CCCN(CC(=O)OC)Cc1nc(N)c2ccccc2n1. The Hall–Kier alpha value is -2.21. The fourth-order valence-corrected chi connectivity index (χ4v) is 2.20. The van der Waals surface area contributed by atoms with E-state index in [9.17, 15) is 4.79 Å². The van der Waals surface area contributed by atoms with Crippen molar-refractivity contribution in [3.05, 3.63) is 30.1 Å².